The van der Waals surface area contributed by atoms with E-state index >= 15 is 0 Å². The van der Waals surface area contributed by atoms with E-state index in [2.05, 4.69) is 20.9 Å². The first kappa shape index (κ1) is 24.6. The van der Waals surface area contributed by atoms with Gasteiger partial charge in [0.25, 0.3) is 0 Å². The molecule has 0 saturated heterocycles. The van der Waals surface area contributed by atoms with Gasteiger partial charge in [-0.15, -0.1) is 24.0 Å². The molecule has 0 radical (unpaired) electrons. The van der Waals surface area contributed by atoms with E-state index in [4.69, 9.17) is 13.9 Å². The SMILES string of the molecule is CCNC(=NCC(=O)NCc1ccco1)NCC(C)Oc1cccc(OC)c1.I. The standard InChI is InChI=1S/C20H28N4O4.HI/c1-4-21-20(24-14-19(25)22-13-18-9-6-10-27-18)23-12-15(2)28-17-8-5-7-16(11-17)26-3;/h5-11,15H,4,12-14H2,1-3H3,(H,22,25)(H2,21,23,24);1H. The molecule has 2 aromatic rings. The highest BCUT2D eigenvalue weighted by Crippen LogP contribution is 2.19. The number of hydrogen-bond donors (Lipinski definition) is 3. The van der Waals surface area contributed by atoms with E-state index in [0.717, 1.165) is 11.5 Å². The summed E-state index contributed by atoms with van der Waals surface area (Å²) in [6.45, 7) is 5.48. The number of furan rings is 1. The smallest absolute Gasteiger partial charge is 0.242 e. The molecule has 0 bridgehead atoms. The van der Waals surface area contributed by atoms with Crippen molar-refractivity contribution in [1.29, 1.82) is 0 Å². The Morgan fingerprint density at radius 2 is 1.97 bits per heavy atom. The summed E-state index contributed by atoms with van der Waals surface area (Å²) < 4.78 is 16.3. The van der Waals surface area contributed by atoms with Crippen molar-refractivity contribution in [2.45, 2.75) is 26.5 Å². The molecule has 3 N–H and O–H groups in total. The van der Waals surface area contributed by atoms with Crippen LogP contribution in [0.2, 0.25) is 0 Å². The molecular weight excluding hydrogens is 487 g/mol. The van der Waals surface area contributed by atoms with Crippen LogP contribution in [0.15, 0.2) is 52.1 Å². The number of carbonyl (C=O) groups excluding carboxylic acids is 1. The number of guanidine groups is 1. The highest BCUT2D eigenvalue weighted by molar-refractivity contribution is 14.0. The Balaban J connectivity index is 0.00000420. The Bertz CT molecular complexity index is 753. The molecule has 1 unspecified atom stereocenters. The first-order valence-electron chi connectivity index (χ1n) is 9.22. The minimum Gasteiger partial charge on any atom is -0.497 e. The Hall–Kier alpha value is -2.43. The maximum absolute atomic E-state index is 11.9. The molecule has 0 aliphatic carbocycles. The quantitative estimate of drug-likeness (QED) is 0.255. The third-order valence-electron chi connectivity index (χ3n) is 3.70. The van der Waals surface area contributed by atoms with Crippen LogP contribution in [0.3, 0.4) is 0 Å². The monoisotopic (exact) mass is 516 g/mol. The van der Waals surface area contributed by atoms with Crippen LogP contribution in [-0.4, -0.2) is 44.7 Å². The molecule has 0 aliphatic heterocycles. The Labute approximate surface area is 188 Å². The van der Waals surface area contributed by atoms with Gasteiger partial charge in [0.15, 0.2) is 5.96 Å². The molecule has 8 nitrogen and oxygen atoms in total. The highest BCUT2D eigenvalue weighted by Gasteiger charge is 2.08. The molecule has 0 aliphatic rings. The summed E-state index contributed by atoms with van der Waals surface area (Å²) in [5.41, 5.74) is 0. The molecule has 1 heterocycles. The summed E-state index contributed by atoms with van der Waals surface area (Å²) in [5, 5.41) is 9.05. The van der Waals surface area contributed by atoms with Crippen LogP contribution in [0.4, 0.5) is 0 Å². The summed E-state index contributed by atoms with van der Waals surface area (Å²) in [6, 6.07) is 11.0. The van der Waals surface area contributed by atoms with E-state index in [1.165, 1.54) is 0 Å². The molecule has 1 aromatic carbocycles. The van der Waals surface area contributed by atoms with Gasteiger partial charge in [-0.1, -0.05) is 6.07 Å². The summed E-state index contributed by atoms with van der Waals surface area (Å²) in [4.78, 5) is 16.2. The van der Waals surface area contributed by atoms with E-state index in [0.29, 0.717) is 31.4 Å². The zero-order valence-corrected chi connectivity index (χ0v) is 19.3. The van der Waals surface area contributed by atoms with Crippen molar-refractivity contribution < 1.29 is 18.7 Å². The number of nitrogens with zero attached hydrogens (tertiary/aromatic N) is 1. The molecule has 2 rings (SSSR count). The highest BCUT2D eigenvalue weighted by atomic mass is 127. The lowest BCUT2D eigenvalue weighted by molar-refractivity contribution is -0.119. The van der Waals surface area contributed by atoms with Gasteiger partial charge in [0.05, 0.1) is 26.5 Å². The second-order valence-corrected chi connectivity index (χ2v) is 6.04. The number of nitrogens with one attached hydrogen (secondary N) is 3. The maximum Gasteiger partial charge on any atom is 0.242 e. The minimum absolute atomic E-state index is 0. The largest absolute Gasteiger partial charge is 0.497 e. The lowest BCUT2D eigenvalue weighted by Gasteiger charge is -2.18. The number of aliphatic imine (C=N–C) groups is 1. The molecule has 9 heteroatoms. The minimum atomic E-state index is -0.186. The van der Waals surface area contributed by atoms with E-state index in [-0.39, 0.29) is 42.5 Å². The van der Waals surface area contributed by atoms with Gasteiger partial charge in [-0.2, -0.15) is 0 Å². The number of ether oxygens (including phenoxy) is 2. The number of benzene rings is 1. The normalized spacial score (nSPS) is 11.8. The number of carbonyl (C=O) groups is 1. The van der Waals surface area contributed by atoms with Crippen LogP contribution in [0, 0.1) is 0 Å². The van der Waals surface area contributed by atoms with Crippen LogP contribution in [0.1, 0.15) is 19.6 Å². The van der Waals surface area contributed by atoms with Crippen LogP contribution < -0.4 is 25.4 Å². The van der Waals surface area contributed by atoms with Gasteiger partial charge >= 0.3 is 0 Å². The van der Waals surface area contributed by atoms with E-state index in [1.807, 2.05) is 38.1 Å². The zero-order valence-electron chi connectivity index (χ0n) is 16.9. The second-order valence-electron chi connectivity index (χ2n) is 6.04. The summed E-state index contributed by atoms with van der Waals surface area (Å²) >= 11 is 0. The van der Waals surface area contributed by atoms with Crippen LogP contribution in [0.5, 0.6) is 11.5 Å². The van der Waals surface area contributed by atoms with Gasteiger partial charge in [-0.25, -0.2) is 4.99 Å². The van der Waals surface area contributed by atoms with Crippen molar-refractivity contribution >= 4 is 35.8 Å². The molecular formula is C20H29IN4O4. The van der Waals surface area contributed by atoms with Crippen molar-refractivity contribution in [2.24, 2.45) is 4.99 Å². The van der Waals surface area contributed by atoms with Gasteiger partial charge in [0, 0.05) is 12.6 Å². The maximum atomic E-state index is 11.9. The predicted octanol–water partition coefficient (Wildman–Crippen LogP) is 2.55. The Kier molecular flexibility index (Phi) is 11.6. The van der Waals surface area contributed by atoms with E-state index in [9.17, 15) is 4.79 Å². The number of methoxy groups -OCH3 is 1. The third-order valence-corrected chi connectivity index (χ3v) is 3.70. The van der Waals surface area contributed by atoms with Gasteiger partial charge < -0.3 is 29.8 Å². The predicted molar refractivity (Wildman–Crippen MR) is 123 cm³/mol. The number of halogens is 1. The van der Waals surface area contributed by atoms with Gasteiger partial charge in [0.1, 0.15) is 29.9 Å². The number of amides is 1. The van der Waals surface area contributed by atoms with E-state index in [1.54, 1.807) is 25.5 Å². The van der Waals surface area contributed by atoms with Gasteiger partial charge in [-0.3, -0.25) is 4.79 Å². The molecule has 160 valence electrons. The Morgan fingerprint density at radius 1 is 1.17 bits per heavy atom. The van der Waals surface area contributed by atoms with Crippen molar-refractivity contribution in [1.82, 2.24) is 16.0 Å². The first-order valence-corrected chi connectivity index (χ1v) is 9.22. The fourth-order valence-electron chi connectivity index (χ4n) is 2.34. The average molecular weight is 516 g/mol. The summed E-state index contributed by atoms with van der Waals surface area (Å²) in [7, 11) is 1.62. The molecule has 1 amide bonds. The number of hydrogen-bond acceptors (Lipinski definition) is 5. The van der Waals surface area contributed by atoms with Crippen molar-refractivity contribution in [3.05, 3.63) is 48.4 Å². The van der Waals surface area contributed by atoms with Crippen molar-refractivity contribution in [2.75, 3.05) is 26.7 Å². The van der Waals surface area contributed by atoms with Crippen LogP contribution in [0.25, 0.3) is 0 Å². The molecule has 1 aromatic heterocycles. The molecule has 1 atom stereocenters. The summed E-state index contributed by atoms with van der Waals surface area (Å²) in [5.74, 6) is 2.54. The summed E-state index contributed by atoms with van der Waals surface area (Å²) in [6.07, 6.45) is 1.46. The molecule has 0 fully saturated rings. The van der Waals surface area contributed by atoms with Crippen molar-refractivity contribution in [3.63, 3.8) is 0 Å². The lowest BCUT2D eigenvalue weighted by Crippen LogP contribution is -2.42. The van der Waals surface area contributed by atoms with Gasteiger partial charge in [0.2, 0.25) is 5.91 Å². The molecule has 0 spiro atoms. The van der Waals surface area contributed by atoms with Gasteiger partial charge in [-0.05, 0) is 38.1 Å². The second kappa shape index (κ2) is 13.7. The fourth-order valence-corrected chi connectivity index (χ4v) is 2.34. The molecule has 29 heavy (non-hydrogen) atoms. The zero-order chi connectivity index (χ0) is 20.2. The van der Waals surface area contributed by atoms with E-state index < -0.39 is 0 Å². The Morgan fingerprint density at radius 3 is 2.66 bits per heavy atom. The van der Waals surface area contributed by atoms with Crippen LogP contribution >= 0.6 is 24.0 Å². The lowest BCUT2D eigenvalue weighted by atomic mass is 10.3. The number of rotatable bonds is 10. The van der Waals surface area contributed by atoms with Crippen molar-refractivity contribution in [3.8, 4) is 11.5 Å². The topological polar surface area (TPSA) is 97.1 Å². The first-order chi connectivity index (χ1) is 13.6. The molecule has 0 saturated carbocycles. The van der Waals surface area contributed by atoms with Crippen LogP contribution in [-0.2, 0) is 11.3 Å². The average Bonchev–Trinajstić information content (AvgIpc) is 3.22. The third kappa shape index (κ3) is 9.55. The fraction of sp³-hybridized carbons (Fsp3) is 0.400.